The molecule has 0 bridgehead atoms. The number of amides is 2. The molecule has 4 N–H and O–H groups in total. The number of anilines is 1. The number of hydrogen-bond acceptors (Lipinski definition) is 3. The summed E-state index contributed by atoms with van der Waals surface area (Å²) in [6.45, 7) is 7.38. The molecule has 1 atom stereocenters. The van der Waals surface area contributed by atoms with Gasteiger partial charge in [-0.25, -0.2) is 0 Å². The van der Waals surface area contributed by atoms with Crippen molar-refractivity contribution in [2.75, 3.05) is 11.9 Å². The number of hydrogen-bond donors (Lipinski definition) is 3. The maximum atomic E-state index is 11.8. The summed E-state index contributed by atoms with van der Waals surface area (Å²) in [5.74, 6) is -0.600. The lowest BCUT2D eigenvalue weighted by molar-refractivity contribution is -0.124. The molecule has 0 aliphatic heterocycles. The van der Waals surface area contributed by atoms with Gasteiger partial charge in [-0.3, -0.25) is 9.59 Å². The van der Waals surface area contributed by atoms with E-state index in [-0.39, 0.29) is 18.4 Å². The van der Waals surface area contributed by atoms with Crippen LogP contribution in [0.25, 0.3) is 0 Å². The third kappa shape index (κ3) is 4.37. The van der Waals surface area contributed by atoms with Crippen molar-refractivity contribution in [3.8, 4) is 0 Å². The number of benzene rings is 1. The topological polar surface area (TPSA) is 84.2 Å². The Kier molecular flexibility index (Phi) is 5.06. The minimum atomic E-state index is -0.615. The van der Waals surface area contributed by atoms with Gasteiger partial charge >= 0.3 is 0 Å². The number of carbonyl (C=O) groups excluding carboxylic acids is 2. The minimum Gasteiger partial charge on any atom is -0.346 e. The van der Waals surface area contributed by atoms with Crippen LogP contribution in [0.1, 0.15) is 23.6 Å². The van der Waals surface area contributed by atoms with Crippen molar-refractivity contribution in [3.63, 3.8) is 0 Å². The van der Waals surface area contributed by atoms with Gasteiger partial charge in [0.05, 0.1) is 12.6 Å². The molecule has 1 rings (SSSR count). The van der Waals surface area contributed by atoms with Crippen molar-refractivity contribution >= 4 is 17.5 Å². The van der Waals surface area contributed by atoms with E-state index in [0.29, 0.717) is 0 Å². The molecule has 104 valence electrons. The van der Waals surface area contributed by atoms with E-state index in [4.69, 9.17) is 5.73 Å². The van der Waals surface area contributed by atoms with Gasteiger partial charge in [-0.1, -0.05) is 17.7 Å². The van der Waals surface area contributed by atoms with E-state index < -0.39 is 6.04 Å². The molecule has 0 aliphatic carbocycles. The molecule has 0 aliphatic rings. The van der Waals surface area contributed by atoms with Gasteiger partial charge in [0.2, 0.25) is 11.8 Å². The maximum absolute atomic E-state index is 11.8. The first kappa shape index (κ1) is 15.2. The number of aryl methyl sites for hydroxylation is 3. The number of nitrogens with one attached hydrogen (secondary N) is 2. The number of rotatable bonds is 4. The third-order valence-electron chi connectivity index (χ3n) is 2.78. The first-order chi connectivity index (χ1) is 8.81. The molecule has 0 fully saturated rings. The van der Waals surface area contributed by atoms with Gasteiger partial charge in [0, 0.05) is 5.69 Å². The summed E-state index contributed by atoms with van der Waals surface area (Å²) in [5, 5.41) is 5.28. The Morgan fingerprint density at radius 2 is 1.74 bits per heavy atom. The Labute approximate surface area is 113 Å². The summed E-state index contributed by atoms with van der Waals surface area (Å²) in [6.07, 6.45) is 0. The SMILES string of the molecule is Cc1cc(C)c(NC(=O)CNC(=O)[C@@H](C)N)c(C)c1. The number of carbonyl (C=O) groups is 2. The van der Waals surface area contributed by atoms with Crippen molar-refractivity contribution in [1.82, 2.24) is 5.32 Å². The lowest BCUT2D eigenvalue weighted by Crippen LogP contribution is -2.42. The molecule has 5 nitrogen and oxygen atoms in total. The molecule has 0 saturated heterocycles. The van der Waals surface area contributed by atoms with E-state index in [2.05, 4.69) is 10.6 Å². The second-order valence-corrected chi connectivity index (χ2v) is 4.83. The molecule has 5 heteroatoms. The van der Waals surface area contributed by atoms with Gasteiger partial charge < -0.3 is 16.4 Å². The Balaban J connectivity index is 2.65. The first-order valence-electron chi connectivity index (χ1n) is 6.22. The van der Waals surface area contributed by atoms with Crippen LogP contribution in [0.2, 0.25) is 0 Å². The molecule has 0 radical (unpaired) electrons. The number of nitrogens with two attached hydrogens (primary N) is 1. The second kappa shape index (κ2) is 6.33. The van der Waals surface area contributed by atoms with Gasteiger partial charge in [0.1, 0.15) is 0 Å². The van der Waals surface area contributed by atoms with E-state index in [1.165, 1.54) is 0 Å². The molecular weight excluding hydrogens is 242 g/mol. The second-order valence-electron chi connectivity index (χ2n) is 4.83. The van der Waals surface area contributed by atoms with Gasteiger partial charge in [0.25, 0.3) is 0 Å². The van der Waals surface area contributed by atoms with Crippen LogP contribution >= 0.6 is 0 Å². The molecule has 2 amide bonds. The van der Waals surface area contributed by atoms with Crippen LogP contribution in [0.5, 0.6) is 0 Å². The minimum absolute atomic E-state index is 0.0763. The van der Waals surface area contributed by atoms with Crippen molar-refractivity contribution < 1.29 is 9.59 Å². The lowest BCUT2D eigenvalue weighted by atomic mass is 10.1. The van der Waals surface area contributed by atoms with Gasteiger partial charge in [-0.2, -0.15) is 0 Å². The molecule has 19 heavy (non-hydrogen) atoms. The normalized spacial score (nSPS) is 11.8. The van der Waals surface area contributed by atoms with Crippen molar-refractivity contribution in [1.29, 1.82) is 0 Å². The highest BCUT2D eigenvalue weighted by molar-refractivity contribution is 5.96. The zero-order chi connectivity index (χ0) is 14.6. The average molecular weight is 263 g/mol. The molecule has 1 aromatic carbocycles. The van der Waals surface area contributed by atoms with E-state index in [9.17, 15) is 9.59 Å². The summed E-state index contributed by atoms with van der Waals surface area (Å²) in [5.41, 5.74) is 9.35. The van der Waals surface area contributed by atoms with Crippen LogP contribution in [-0.4, -0.2) is 24.4 Å². The Morgan fingerprint density at radius 3 is 2.21 bits per heavy atom. The summed E-state index contributed by atoms with van der Waals surface area (Å²) in [7, 11) is 0. The molecule has 0 spiro atoms. The highest BCUT2D eigenvalue weighted by Gasteiger charge is 2.11. The molecule has 0 aromatic heterocycles. The first-order valence-corrected chi connectivity index (χ1v) is 6.22. The van der Waals surface area contributed by atoms with Gasteiger partial charge in [0.15, 0.2) is 0 Å². The van der Waals surface area contributed by atoms with Crippen LogP contribution in [-0.2, 0) is 9.59 Å². The van der Waals surface area contributed by atoms with Gasteiger partial charge in [-0.15, -0.1) is 0 Å². The molecular formula is C14H21N3O2. The zero-order valence-corrected chi connectivity index (χ0v) is 11.8. The summed E-state index contributed by atoms with van der Waals surface area (Å²) in [4.78, 5) is 23.0. The molecule has 0 unspecified atom stereocenters. The Morgan fingerprint density at radius 1 is 1.21 bits per heavy atom. The average Bonchev–Trinajstić information content (AvgIpc) is 2.30. The standard InChI is InChI=1S/C14H21N3O2/c1-8-5-9(2)13(10(3)6-8)17-12(18)7-16-14(19)11(4)15/h5-6,11H,7,15H2,1-4H3,(H,16,19)(H,17,18)/t11-/m1/s1. The lowest BCUT2D eigenvalue weighted by Gasteiger charge is -2.13. The maximum Gasteiger partial charge on any atom is 0.243 e. The van der Waals surface area contributed by atoms with Crippen LogP contribution in [0.15, 0.2) is 12.1 Å². The van der Waals surface area contributed by atoms with Crippen molar-refractivity contribution in [2.24, 2.45) is 5.73 Å². The molecule has 0 heterocycles. The smallest absolute Gasteiger partial charge is 0.243 e. The Bertz CT molecular complexity index is 472. The van der Waals surface area contributed by atoms with E-state index in [1.807, 2.05) is 32.9 Å². The largest absolute Gasteiger partial charge is 0.346 e. The highest BCUT2D eigenvalue weighted by Crippen LogP contribution is 2.21. The summed E-state index contributed by atoms with van der Waals surface area (Å²) < 4.78 is 0. The van der Waals surface area contributed by atoms with Crippen LogP contribution < -0.4 is 16.4 Å². The Hall–Kier alpha value is -1.88. The van der Waals surface area contributed by atoms with Crippen LogP contribution in [0.4, 0.5) is 5.69 Å². The fourth-order valence-corrected chi connectivity index (χ4v) is 1.89. The highest BCUT2D eigenvalue weighted by atomic mass is 16.2. The van der Waals surface area contributed by atoms with Crippen molar-refractivity contribution in [2.45, 2.75) is 33.7 Å². The molecule has 0 saturated carbocycles. The monoisotopic (exact) mass is 263 g/mol. The van der Waals surface area contributed by atoms with E-state index in [1.54, 1.807) is 6.92 Å². The quantitative estimate of drug-likeness (QED) is 0.758. The van der Waals surface area contributed by atoms with E-state index in [0.717, 1.165) is 22.4 Å². The molecule has 1 aromatic rings. The predicted molar refractivity (Wildman–Crippen MR) is 75.9 cm³/mol. The summed E-state index contributed by atoms with van der Waals surface area (Å²) in [6, 6.07) is 3.39. The fourth-order valence-electron chi connectivity index (χ4n) is 1.89. The van der Waals surface area contributed by atoms with Crippen LogP contribution in [0.3, 0.4) is 0 Å². The predicted octanol–water partition coefficient (Wildman–Crippen LogP) is 1.01. The van der Waals surface area contributed by atoms with Crippen LogP contribution in [0, 0.1) is 20.8 Å². The third-order valence-corrected chi connectivity index (χ3v) is 2.78. The van der Waals surface area contributed by atoms with Gasteiger partial charge in [-0.05, 0) is 38.8 Å². The van der Waals surface area contributed by atoms with E-state index >= 15 is 0 Å². The fraction of sp³-hybridized carbons (Fsp3) is 0.429. The zero-order valence-electron chi connectivity index (χ0n) is 11.8. The van der Waals surface area contributed by atoms with Crippen molar-refractivity contribution in [3.05, 3.63) is 28.8 Å². The summed E-state index contributed by atoms with van der Waals surface area (Å²) >= 11 is 0.